The average molecular weight is 476 g/mol. The highest BCUT2D eigenvalue weighted by molar-refractivity contribution is 6.00. The van der Waals surface area contributed by atoms with Crippen molar-refractivity contribution in [1.82, 2.24) is 15.6 Å². The number of hydrogen-bond donors (Lipinski definition) is 2. The molecule has 2 aromatic carbocycles. The minimum absolute atomic E-state index is 0.0204. The summed E-state index contributed by atoms with van der Waals surface area (Å²) in [5, 5.41) is 5.73. The topological polar surface area (TPSA) is 101 Å². The summed E-state index contributed by atoms with van der Waals surface area (Å²) in [5.41, 5.74) is 2.19. The van der Waals surface area contributed by atoms with Crippen LogP contribution < -0.4 is 10.6 Å². The zero-order valence-electron chi connectivity index (χ0n) is 20.2. The highest BCUT2D eigenvalue weighted by Crippen LogP contribution is 2.27. The van der Waals surface area contributed by atoms with Gasteiger partial charge in [-0.1, -0.05) is 74.6 Å². The minimum atomic E-state index is -0.821. The van der Waals surface area contributed by atoms with Crippen molar-refractivity contribution in [3.63, 3.8) is 0 Å². The summed E-state index contributed by atoms with van der Waals surface area (Å²) in [6.07, 6.45) is 7.20. The number of hydrogen-bond acceptors (Lipinski definition) is 5. The summed E-state index contributed by atoms with van der Waals surface area (Å²) in [6, 6.07) is 15.5. The van der Waals surface area contributed by atoms with Gasteiger partial charge in [-0.2, -0.15) is 0 Å². The van der Waals surface area contributed by atoms with Gasteiger partial charge in [-0.05, 0) is 42.9 Å². The van der Waals surface area contributed by atoms with Gasteiger partial charge in [0.15, 0.2) is 5.58 Å². The molecule has 1 aliphatic rings. The van der Waals surface area contributed by atoms with Crippen molar-refractivity contribution in [2.24, 2.45) is 5.92 Å². The van der Waals surface area contributed by atoms with E-state index in [-0.39, 0.29) is 23.5 Å². The number of nitrogens with zero attached hydrogens (tertiary/aromatic N) is 1. The molecule has 0 radical (unpaired) electrons. The number of nitrogens with one attached hydrogen (secondary N) is 2. The molecule has 1 fully saturated rings. The Balaban J connectivity index is 1.52. The van der Waals surface area contributed by atoms with Crippen LogP contribution in [0.5, 0.6) is 0 Å². The number of oxazole rings is 1. The SMILES string of the molecule is CC(=O)N[C@@H](CC1CCCCC1)C(=O)N[C@H](CCc1ccccc1)C(=O)c1nc2ccccc2o1. The fraction of sp³-hybridized carbons (Fsp3) is 0.429. The molecule has 0 bridgehead atoms. The van der Waals surface area contributed by atoms with Gasteiger partial charge in [0, 0.05) is 6.92 Å². The summed E-state index contributed by atoms with van der Waals surface area (Å²) < 4.78 is 5.71. The van der Waals surface area contributed by atoms with Gasteiger partial charge in [0.25, 0.3) is 5.89 Å². The van der Waals surface area contributed by atoms with E-state index in [4.69, 9.17) is 4.42 Å². The lowest BCUT2D eigenvalue weighted by Crippen LogP contribution is -2.52. The highest BCUT2D eigenvalue weighted by Gasteiger charge is 2.31. The number of carbonyl (C=O) groups excluding carboxylic acids is 3. The van der Waals surface area contributed by atoms with E-state index in [1.54, 1.807) is 12.1 Å². The van der Waals surface area contributed by atoms with Crippen molar-refractivity contribution >= 4 is 28.7 Å². The molecule has 3 aromatic rings. The van der Waals surface area contributed by atoms with Crippen molar-refractivity contribution in [1.29, 1.82) is 0 Å². The largest absolute Gasteiger partial charge is 0.434 e. The summed E-state index contributed by atoms with van der Waals surface area (Å²) >= 11 is 0. The third kappa shape index (κ3) is 6.78. The molecule has 2 amide bonds. The molecule has 0 aliphatic heterocycles. The average Bonchev–Trinajstić information content (AvgIpc) is 3.31. The van der Waals surface area contributed by atoms with Crippen LogP contribution in [0.1, 0.15) is 68.1 Å². The second kappa shape index (κ2) is 11.8. The normalized spacial score (nSPS) is 15.9. The Hall–Kier alpha value is -3.48. The molecule has 0 unspecified atom stereocenters. The van der Waals surface area contributed by atoms with E-state index < -0.39 is 12.1 Å². The van der Waals surface area contributed by atoms with Crippen molar-refractivity contribution in [3.05, 3.63) is 66.1 Å². The second-order valence-electron chi connectivity index (χ2n) is 9.43. The summed E-state index contributed by atoms with van der Waals surface area (Å²) in [4.78, 5) is 43.0. The number of Topliss-reactive ketones (excluding diaryl/α,β-unsaturated/α-hetero) is 1. The molecule has 1 heterocycles. The van der Waals surface area contributed by atoms with Crippen LogP contribution in [0.25, 0.3) is 11.1 Å². The molecule has 4 rings (SSSR count). The quantitative estimate of drug-likeness (QED) is 0.417. The lowest BCUT2D eigenvalue weighted by atomic mass is 9.84. The number of carbonyl (C=O) groups is 3. The van der Waals surface area contributed by atoms with Crippen LogP contribution in [0.3, 0.4) is 0 Å². The fourth-order valence-electron chi connectivity index (χ4n) is 4.86. The standard InChI is InChI=1S/C28H33N3O4/c1-19(32)29-24(18-21-12-6-3-7-13-21)27(34)30-23(17-16-20-10-4-2-5-11-20)26(33)28-31-22-14-8-9-15-25(22)35-28/h2,4-5,8-11,14-15,21,23-24H,3,6-7,12-13,16-18H2,1H3,(H,29,32)(H,30,34)/t23-,24+/m1/s1. The predicted molar refractivity (Wildman–Crippen MR) is 134 cm³/mol. The molecule has 0 saturated heterocycles. The first-order valence-corrected chi connectivity index (χ1v) is 12.5. The Morgan fingerprint density at radius 1 is 0.943 bits per heavy atom. The van der Waals surface area contributed by atoms with Crippen molar-refractivity contribution in [2.75, 3.05) is 0 Å². The van der Waals surface area contributed by atoms with Gasteiger partial charge >= 0.3 is 0 Å². The maximum Gasteiger partial charge on any atom is 0.266 e. The number of fused-ring (bicyclic) bond motifs is 1. The maximum atomic E-state index is 13.4. The second-order valence-corrected chi connectivity index (χ2v) is 9.43. The predicted octanol–water partition coefficient (Wildman–Crippen LogP) is 4.60. The Labute approximate surface area is 205 Å². The van der Waals surface area contributed by atoms with Crippen LogP contribution in [-0.4, -0.2) is 34.7 Å². The molecule has 0 spiro atoms. The van der Waals surface area contributed by atoms with Crippen LogP contribution in [0.15, 0.2) is 59.0 Å². The molecule has 1 aromatic heterocycles. The molecular weight excluding hydrogens is 442 g/mol. The summed E-state index contributed by atoms with van der Waals surface area (Å²) in [5.74, 6) is -0.597. The van der Waals surface area contributed by atoms with Gasteiger partial charge in [0.2, 0.25) is 17.6 Å². The van der Waals surface area contributed by atoms with E-state index in [9.17, 15) is 14.4 Å². The first-order chi connectivity index (χ1) is 17.0. The molecule has 2 N–H and O–H groups in total. The lowest BCUT2D eigenvalue weighted by molar-refractivity contribution is -0.129. The van der Waals surface area contributed by atoms with Crippen LogP contribution in [0.2, 0.25) is 0 Å². The van der Waals surface area contributed by atoms with Crippen LogP contribution in [0, 0.1) is 5.92 Å². The molecular formula is C28H33N3O4. The lowest BCUT2D eigenvalue weighted by Gasteiger charge is -2.27. The Bertz CT molecular complexity index is 1120. The molecule has 7 heteroatoms. The van der Waals surface area contributed by atoms with Crippen LogP contribution in [0.4, 0.5) is 0 Å². The third-order valence-corrected chi connectivity index (χ3v) is 6.69. The number of amides is 2. The first-order valence-electron chi connectivity index (χ1n) is 12.5. The molecule has 184 valence electrons. The number of benzene rings is 2. The number of rotatable bonds is 10. The van der Waals surface area contributed by atoms with Crippen molar-refractivity contribution in [2.45, 2.75) is 70.4 Å². The van der Waals surface area contributed by atoms with Crippen LogP contribution >= 0.6 is 0 Å². The first kappa shape index (κ1) is 24.6. The van der Waals surface area contributed by atoms with Gasteiger partial charge in [0.05, 0.1) is 6.04 Å². The van der Waals surface area contributed by atoms with E-state index >= 15 is 0 Å². The van der Waals surface area contributed by atoms with Crippen LogP contribution in [-0.2, 0) is 16.0 Å². The Kier molecular flexibility index (Phi) is 8.29. The summed E-state index contributed by atoms with van der Waals surface area (Å²) in [7, 11) is 0. The Morgan fingerprint density at radius 3 is 2.37 bits per heavy atom. The summed E-state index contributed by atoms with van der Waals surface area (Å²) in [6.45, 7) is 1.41. The molecule has 35 heavy (non-hydrogen) atoms. The Morgan fingerprint density at radius 2 is 1.66 bits per heavy atom. The third-order valence-electron chi connectivity index (χ3n) is 6.69. The molecule has 7 nitrogen and oxygen atoms in total. The van der Waals surface area contributed by atoms with Gasteiger partial charge < -0.3 is 15.1 Å². The molecule has 2 atom stereocenters. The van der Waals surface area contributed by atoms with Crippen molar-refractivity contribution < 1.29 is 18.8 Å². The zero-order valence-corrected chi connectivity index (χ0v) is 20.2. The van der Waals surface area contributed by atoms with Gasteiger partial charge in [0.1, 0.15) is 11.6 Å². The number of aryl methyl sites for hydroxylation is 1. The maximum absolute atomic E-state index is 13.4. The van der Waals surface area contributed by atoms with Gasteiger partial charge in [-0.15, -0.1) is 0 Å². The van der Waals surface area contributed by atoms with Gasteiger partial charge in [-0.3, -0.25) is 14.4 Å². The highest BCUT2D eigenvalue weighted by atomic mass is 16.4. The van der Waals surface area contributed by atoms with E-state index in [0.29, 0.717) is 36.3 Å². The van der Waals surface area contributed by atoms with Crippen molar-refractivity contribution in [3.8, 4) is 0 Å². The smallest absolute Gasteiger partial charge is 0.266 e. The van der Waals surface area contributed by atoms with E-state index in [1.807, 2.05) is 42.5 Å². The molecule has 1 saturated carbocycles. The van der Waals surface area contributed by atoms with E-state index in [2.05, 4.69) is 15.6 Å². The van der Waals surface area contributed by atoms with E-state index in [0.717, 1.165) is 31.2 Å². The fourth-order valence-corrected chi connectivity index (χ4v) is 4.86. The minimum Gasteiger partial charge on any atom is -0.434 e. The number of ketones is 1. The number of aromatic nitrogens is 1. The number of para-hydroxylation sites is 2. The molecule has 1 aliphatic carbocycles. The van der Waals surface area contributed by atoms with Gasteiger partial charge in [-0.25, -0.2) is 4.98 Å². The monoisotopic (exact) mass is 475 g/mol. The zero-order chi connectivity index (χ0) is 24.6. The van der Waals surface area contributed by atoms with E-state index in [1.165, 1.54) is 13.3 Å².